The number of hydrogen-bond donors (Lipinski definition) is 1. The molecule has 0 unspecified atom stereocenters. The lowest BCUT2D eigenvalue weighted by atomic mass is 9.87. The Morgan fingerprint density at radius 2 is 2.00 bits per heavy atom. The Bertz CT molecular complexity index is 609. The van der Waals surface area contributed by atoms with E-state index >= 15 is 0 Å². The average Bonchev–Trinajstić information content (AvgIpc) is 2.66. The van der Waals surface area contributed by atoms with Gasteiger partial charge in [-0.15, -0.1) is 0 Å². The highest BCUT2D eigenvalue weighted by Gasteiger charge is 2.17. The number of benzene rings is 1. The van der Waals surface area contributed by atoms with Crippen LogP contribution in [0, 0.1) is 6.92 Å². The zero-order valence-corrected chi connectivity index (χ0v) is 12.9. The molecule has 4 nitrogen and oxygen atoms in total. The number of ether oxygens (including phenoxy) is 1. The van der Waals surface area contributed by atoms with Crippen molar-refractivity contribution in [1.29, 1.82) is 0 Å². The highest BCUT2D eigenvalue weighted by atomic mass is 16.5. The predicted molar refractivity (Wildman–Crippen MR) is 82.3 cm³/mol. The Labute approximate surface area is 120 Å². The van der Waals surface area contributed by atoms with Crippen LogP contribution in [0.2, 0.25) is 0 Å². The second-order valence-corrected chi connectivity index (χ2v) is 6.00. The second kappa shape index (κ2) is 5.19. The molecule has 4 heteroatoms. The first-order valence-corrected chi connectivity index (χ1v) is 6.94. The maximum Gasteiger partial charge on any atom is 0.241 e. The van der Waals surface area contributed by atoms with Crippen LogP contribution in [0.25, 0.3) is 0 Å². The van der Waals surface area contributed by atoms with Crippen LogP contribution < -0.4 is 10.5 Å². The fraction of sp³-hybridized carbons (Fsp3) is 0.438. The minimum atomic E-state index is 0.0891. The molecule has 0 radical (unpaired) electrons. The molecule has 1 heterocycles. The molecule has 0 aliphatic rings. The summed E-state index contributed by atoms with van der Waals surface area (Å²) in [6.07, 6.45) is 0. The van der Waals surface area contributed by atoms with Crippen molar-refractivity contribution in [2.24, 2.45) is 0 Å². The van der Waals surface area contributed by atoms with Gasteiger partial charge in [-0.1, -0.05) is 32.9 Å². The van der Waals surface area contributed by atoms with Crippen LogP contribution >= 0.6 is 0 Å². The molecule has 0 fully saturated rings. The molecule has 2 rings (SSSR count). The summed E-state index contributed by atoms with van der Waals surface area (Å²) in [6.45, 7) is 11.2. The first-order chi connectivity index (χ1) is 9.32. The van der Waals surface area contributed by atoms with Crippen LogP contribution in [-0.4, -0.2) is 9.78 Å². The van der Waals surface area contributed by atoms with E-state index in [4.69, 9.17) is 10.5 Å². The lowest BCUT2D eigenvalue weighted by Gasteiger charge is -2.19. The molecule has 0 saturated carbocycles. The van der Waals surface area contributed by atoms with E-state index in [0.29, 0.717) is 11.6 Å². The summed E-state index contributed by atoms with van der Waals surface area (Å²) in [5.74, 6) is 1.41. The van der Waals surface area contributed by atoms with Crippen LogP contribution in [0.4, 0.5) is 5.69 Å². The molecule has 0 atom stereocenters. The fourth-order valence-corrected chi connectivity index (χ4v) is 2.03. The fourth-order valence-electron chi connectivity index (χ4n) is 2.03. The van der Waals surface area contributed by atoms with E-state index in [9.17, 15) is 0 Å². The summed E-state index contributed by atoms with van der Waals surface area (Å²) < 4.78 is 7.75. The van der Waals surface area contributed by atoms with Crippen LogP contribution in [-0.2, 0) is 12.0 Å². The van der Waals surface area contributed by atoms with Crippen molar-refractivity contribution >= 4 is 5.69 Å². The van der Waals surface area contributed by atoms with Gasteiger partial charge in [0.05, 0.1) is 5.69 Å². The second-order valence-electron chi connectivity index (χ2n) is 6.00. The summed E-state index contributed by atoms with van der Waals surface area (Å²) in [5, 5.41) is 4.36. The Morgan fingerprint density at radius 1 is 1.30 bits per heavy atom. The average molecular weight is 273 g/mol. The number of anilines is 1. The van der Waals surface area contributed by atoms with Gasteiger partial charge in [0.15, 0.2) is 0 Å². The molecule has 108 valence electrons. The molecular weight excluding hydrogens is 250 g/mol. The first-order valence-electron chi connectivity index (χ1n) is 6.94. The normalized spacial score (nSPS) is 11.7. The Kier molecular flexibility index (Phi) is 3.75. The summed E-state index contributed by atoms with van der Waals surface area (Å²) in [6, 6.07) is 8.11. The third kappa shape index (κ3) is 2.79. The molecule has 0 aliphatic heterocycles. The molecule has 2 aromatic rings. The topological polar surface area (TPSA) is 53.1 Å². The van der Waals surface area contributed by atoms with Crippen LogP contribution in [0.15, 0.2) is 24.3 Å². The van der Waals surface area contributed by atoms with Crippen LogP contribution in [0.3, 0.4) is 0 Å². The molecule has 2 N–H and O–H groups in total. The molecule has 0 amide bonds. The van der Waals surface area contributed by atoms with Crippen molar-refractivity contribution in [3.63, 3.8) is 0 Å². The number of aromatic nitrogens is 2. The summed E-state index contributed by atoms with van der Waals surface area (Å²) in [5.41, 5.74) is 8.77. The van der Waals surface area contributed by atoms with Crippen LogP contribution in [0.5, 0.6) is 11.6 Å². The van der Waals surface area contributed by atoms with Gasteiger partial charge in [0, 0.05) is 6.54 Å². The van der Waals surface area contributed by atoms with Crippen LogP contribution in [0.1, 0.15) is 39.0 Å². The molecule has 0 bridgehead atoms. The Morgan fingerprint density at radius 3 is 2.60 bits per heavy atom. The minimum absolute atomic E-state index is 0.0891. The maximum atomic E-state index is 6.04. The van der Waals surface area contributed by atoms with Gasteiger partial charge < -0.3 is 10.5 Å². The van der Waals surface area contributed by atoms with Gasteiger partial charge in [0.25, 0.3) is 0 Å². The van der Waals surface area contributed by atoms with E-state index in [1.54, 1.807) is 4.68 Å². The van der Waals surface area contributed by atoms with Crippen molar-refractivity contribution < 1.29 is 4.74 Å². The van der Waals surface area contributed by atoms with Gasteiger partial charge in [-0.3, -0.25) is 0 Å². The molecule has 20 heavy (non-hydrogen) atoms. The van der Waals surface area contributed by atoms with Crippen molar-refractivity contribution in [3.05, 3.63) is 35.5 Å². The highest BCUT2D eigenvalue weighted by molar-refractivity contribution is 5.54. The van der Waals surface area contributed by atoms with E-state index in [1.165, 1.54) is 5.56 Å². The first kappa shape index (κ1) is 14.4. The standard InChI is InChI=1S/C16H23N3O/c1-6-19-15(14(17)11(2)18-19)20-13-9-7-8-12(10-13)16(3,4)5/h7-10H,6,17H2,1-5H3. The van der Waals surface area contributed by atoms with Gasteiger partial charge in [-0.2, -0.15) is 5.10 Å². The third-order valence-corrected chi connectivity index (χ3v) is 3.34. The lowest BCUT2D eigenvalue weighted by molar-refractivity contribution is 0.416. The maximum absolute atomic E-state index is 6.04. The number of nitrogens with two attached hydrogens (primary N) is 1. The SMILES string of the molecule is CCn1nc(C)c(N)c1Oc1cccc(C(C)(C)C)c1. The Balaban J connectivity index is 2.36. The molecule has 0 spiro atoms. The zero-order chi connectivity index (χ0) is 14.9. The summed E-state index contributed by atoms with van der Waals surface area (Å²) in [7, 11) is 0. The van der Waals surface area contributed by atoms with Crippen molar-refractivity contribution in [1.82, 2.24) is 9.78 Å². The van der Waals surface area contributed by atoms with Gasteiger partial charge in [0.1, 0.15) is 11.4 Å². The molecule has 1 aromatic carbocycles. The molecule has 1 aromatic heterocycles. The van der Waals surface area contributed by atoms with Crippen molar-refractivity contribution in [3.8, 4) is 11.6 Å². The number of hydrogen-bond acceptors (Lipinski definition) is 3. The van der Waals surface area contributed by atoms with E-state index in [0.717, 1.165) is 18.0 Å². The van der Waals surface area contributed by atoms with Crippen molar-refractivity contribution in [2.75, 3.05) is 5.73 Å². The number of nitrogen functional groups attached to an aromatic ring is 1. The smallest absolute Gasteiger partial charge is 0.241 e. The highest BCUT2D eigenvalue weighted by Crippen LogP contribution is 2.32. The van der Waals surface area contributed by atoms with Gasteiger partial charge >= 0.3 is 0 Å². The van der Waals surface area contributed by atoms with Gasteiger partial charge in [0.2, 0.25) is 5.88 Å². The minimum Gasteiger partial charge on any atom is -0.437 e. The quantitative estimate of drug-likeness (QED) is 0.923. The van der Waals surface area contributed by atoms with Gasteiger partial charge in [-0.05, 0) is 37.0 Å². The lowest BCUT2D eigenvalue weighted by Crippen LogP contribution is -2.10. The predicted octanol–water partition coefficient (Wildman–Crippen LogP) is 3.88. The van der Waals surface area contributed by atoms with Gasteiger partial charge in [-0.25, -0.2) is 4.68 Å². The van der Waals surface area contributed by atoms with E-state index in [1.807, 2.05) is 26.0 Å². The Hall–Kier alpha value is -1.97. The summed E-state index contributed by atoms with van der Waals surface area (Å²) >= 11 is 0. The van der Waals surface area contributed by atoms with E-state index in [2.05, 4.69) is 38.0 Å². The number of nitrogens with zero attached hydrogens (tertiary/aromatic N) is 2. The van der Waals surface area contributed by atoms with E-state index in [-0.39, 0.29) is 5.41 Å². The molecule has 0 aliphatic carbocycles. The largest absolute Gasteiger partial charge is 0.437 e. The third-order valence-electron chi connectivity index (χ3n) is 3.34. The van der Waals surface area contributed by atoms with Crippen molar-refractivity contribution in [2.45, 2.75) is 46.6 Å². The monoisotopic (exact) mass is 273 g/mol. The van der Waals surface area contributed by atoms with E-state index < -0.39 is 0 Å². The zero-order valence-electron chi connectivity index (χ0n) is 12.9. The molecular formula is C16H23N3O. The molecule has 0 saturated heterocycles. The number of rotatable bonds is 3. The number of aryl methyl sites for hydroxylation is 2. The summed E-state index contributed by atoms with van der Waals surface area (Å²) in [4.78, 5) is 0.